The lowest BCUT2D eigenvalue weighted by Crippen LogP contribution is -2.19. The number of aliphatic hydroxyl groups is 1. The molecule has 0 aromatic heterocycles. The van der Waals surface area contributed by atoms with Crippen LogP contribution >= 0.6 is 15.9 Å². The van der Waals surface area contributed by atoms with Crippen LogP contribution in [0, 0.1) is 0 Å². The maximum absolute atomic E-state index is 11.0. The molecule has 3 heteroatoms. The van der Waals surface area contributed by atoms with Crippen LogP contribution in [-0.4, -0.2) is 15.7 Å². The molecule has 0 aliphatic carbocycles. The molecular weight excluding hydrogens is 232 g/mol. The number of aliphatic hydroxyl groups excluding tert-OH is 1. The van der Waals surface area contributed by atoms with E-state index in [2.05, 4.69) is 15.9 Å². The SMILES string of the molecule is CC(=O)C(Br)C(O)c1ccccc1. The number of carbonyl (C=O) groups is 1. The Hall–Kier alpha value is -0.670. The zero-order chi connectivity index (χ0) is 9.84. The molecule has 0 aliphatic rings. The Morgan fingerprint density at radius 1 is 1.38 bits per heavy atom. The highest BCUT2D eigenvalue weighted by atomic mass is 79.9. The summed E-state index contributed by atoms with van der Waals surface area (Å²) in [7, 11) is 0. The second-order valence-electron chi connectivity index (χ2n) is 2.87. The number of ketones is 1. The molecule has 1 N–H and O–H groups in total. The van der Waals surface area contributed by atoms with Crippen molar-refractivity contribution in [3.8, 4) is 0 Å². The minimum Gasteiger partial charge on any atom is -0.387 e. The number of hydrogen-bond acceptors (Lipinski definition) is 2. The van der Waals surface area contributed by atoms with Gasteiger partial charge in [-0.15, -0.1) is 0 Å². The van der Waals surface area contributed by atoms with Gasteiger partial charge in [0.15, 0.2) is 0 Å². The van der Waals surface area contributed by atoms with Crippen molar-refractivity contribution in [2.75, 3.05) is 0 Å². The zero-order valence-corrected chi connectivity index (χ0v) is 8.86. The molecular formula is C10H11BrO2. The standard InChI is InChI=1S/C10H11BrO2/c1-7(12)9(11)10(13)8-5-3-2-4-6-8/h2-6,9-10,13H,1H3. The smallest absolute Gasteiger partial charge is 0.146 e. The summed E-state index contributed by atoms with van der Waals surface area (Å²) in [6.07, 6.45) is -0.765. The van der Waals surface area contributed by atoms with Crippen molar-refractivity contribution in [1.29, 1.82) is 0 Å². The summed E-state index contributed by atoms with van der Waals surface area (Å²) in [4.78, 5) is 10.4. The van der Waals surface area contributed by atoms with Gasteiger partial charge < -0.3 is 5.11 Å². The first-order valence-electron chi connectivity index (χ1n) is 4.00. The minimum atomic E-state index is -0.765. The fourth-order valence-electron chi connectivity index (χ4n) is 1.04. The maximum atomic E-state index is 11.0. The number of Topliss-reactive ketones (excluding diaryl/α,β-unsaturated/α-hetero) is 1. The molecule has 1 aromatic carbocycles. The van der Waals surface area contributed by atoms with Crippen LogP contribution in [0.5, 0.6) is 0 Å². The molecule has 0 heterocycles. The van der Waals surface area contributed by atoms with Gasteiger partial charge in [0.25, 0.3) is 0 Å². The van der Waals surface area contributed by atoms with Gasteiger partial charge >= 0.3 is 0 Å². The van der Waals surface area contributed by atoms with Crippen molar-refractivity contribution in [3.05, 3.63) is 35.9 Å². The summed E-state index contributed by atoms with van der Waals surface area (Å²) in [5.41, 5.74) is 0.750. The van der Waals surface area contributed by atoms with E-state index in [1.165, 1.54) is 6.92 Å². The minimum absolute atomic E-state index is 0.0728. The van der Waals surface area contributed by atoms with Gasteiger partial charge in [-0.1, -0.05) is 46.3 Å². The van der Waals surface area contributed by atoms with Crippen molar-refractivity contribution in [3.63, 3.8) is 0 Å². The van der Waals surface area contributed by atoms with E-state index in [-0.39, 0.29) is 5.78 Å². The molecule has 0 spiro atoms. The van der Waals surface area contributed by atoms with E-state index in [1.807, 2.05) is 18.2 Å². The van der Waals surface area contributed by atoms with E-state index in [0.29, 0.717) is 0 Å². The topological polar surface area (TPSA) is 37.3 Å². The fourth-order valence-corrected chi connectivity index (χ4v) is 1.35. The molecule has 0 bridgehead atoms. The van der Waals surface area contributed by atoms with Crippen LogP contribution in [-0.2, 0) is 4.79 Å². The molecule has 1 rings (SSSR count). The molecule has 1 aromatic rings. The summed E-state index contributed by atoms with van der Waals surface area (Å²) in [5.74, 6) is -0.0728. The van der Waals surface area contributed by atoms with E-state index < -0.39 is 10.9 Å². The van der Waals surface area contributed by atoms with Gasteiger partial charge in [0.05, 0.1) is 6.10 Å². The third-order valence-corrected chi connectivity index (χ3v) is 2.95. The molecule has 70 valence electrons. The van der Waals surface area contributed by atoms with E-state index in [0.717, 1.165) is 5.56 Å². The predicted molar refractivity (Wildman–Crippen MR) is 54.8 cm³/mol. The van der Waals surface area contributed by atoms with Gasteiger partial charge in [-0.3, -0.25) is 4.79 Å². The van der Waals surface area contributed by atoms with Crippen molar-refractivity contribution < 1.29 is 9.90 Å². The van der Waals surface area contributed by atoms with Crippen LogP contribution in [0.25, 0.3) is 0 Å². The number of benzene rings is 1. The third-order valence-electron chi connectivity index (χ3n) is 1.81. The van der Waals surface area contributed by atoms with Crippen LogP contribution in [0.4, 0.5) is 0 Å². The first-order chi connectivity index (χ1) is 6.13. The van der Waals surface area contributed by atoms with Crippen LogP contribution in [0.1, 0.15) is 18.6 Å². The molecule has 2 atom stereocenters. The number of carbonyl (C=O) groups excluding carboxylic acids is 1. The number of halogens is 1. The van der Waals surface area contributed by atoms with Gasteiger partial charge in [0, 0.05) is 0 Å². The van der Waals surface area contributed by atoms with E-state index in [4.69, 9.17) is 0 Å². The Bertz CT molecular complexity index is 284. The van der Waals surface area contributed by atoms with Gasteiger partial charge in [-0.05, 0) is 12.5 Å². The first-order valence-corrected chi connectivity index (χ1v) is 4.92. The second-order valence-corrected chi connectivity index (χ2v) is 3.85. The predicted octanol–water partition coefficient (Wildman–Crippen LogP) is 2.07. The Morgan fingerprint density at radius 2 is 1.92 bits per heavy atom. The fraction of sp³-hybridized carbons (Fsp3) is 0.300. The molecule has 0 saturated carbocycles. The normalized spacial score (nSPS) is 15.0. The zero-order valence-electron chi connectivity index (χ0n) is 7.27. The Balaban J connectivity index is 2.79. The third kappa shape index (κ3) is 2.64. The lowest BCUT2D eigenvalue weighted by atomic mass is 10.1. The molecule has 0 amide bonds. The quantitative estimate of drug-likeness (QED) is 0.825. The Labute approximate surface area is 85.7 Å². The van der Waals surface area contributed by atoms with Crippen LogP contribution in [0.2, 0.25) is 0 Å². The van der Waals surface area contributed by atoms with Crippen molar-refractivity contribution in [1.82, 2.24) is 0 Å². The van der Waals surface area contributed by atoms with Gasteiger partial charge in [-0.2, -0.15) is 0 Å². The molecule has 13 heavy (non-hydrogen) atoms. The second kappa shape index (κ2) is 4.53. The number of hydrogen-bond donors (Lipinski definition) is 1. The van der Waals surface area contributed by atoms with Gasteiger partial charge in [-0.25, -0.2) is 0 Å². The Kier molecular flexibility index (Phi) is 3.63. The number of alkyl halides is 1. The molecule has 2 unspecified atom stereocenters. The molecule has 0 fully saturated rings. The van der Waals surface area contributed by atoms with Gasteiger partial charge in [0.1, 0.15) is 10.6 Å². The van der Waals surface area contributed by atoms with Gasteiger partial charge in [0.2, 0.25) is 0 Å². The van der Waals surface area contributed by atoms with E-state index >= 15 is 0 Å². The summed E-state index contributed by atoms with van der Waals surface area (Å²) in [6.45, 7) is 1.45. The summed E-state index contributed by atoms with van der Waals surface area (Å²) in [5, 5.41) is 9.69. The van der Waals surface area contributed by atoms with Crippen molar-refractivity contribution >= 4 is 21.7 Å². The highest BCUT2D eigenvalue weighted by molar-refractivity contribution is 9.10. The first kappa shape index (κ1) is 10.4. The van der Waals surface area contributed by atoms with Crippen LogP contribution in [0.15, 0.2) is 30.3 Å². The highest BCUT2D eigenvalue weighted by Crippen LogP contribution is 2.22. The molecule has 0 radical (unpaired) electrons. The molecule has 2 nitrogen and oxygen atoms in total. The van der Waals surface area contributed by atoms with E-state index in [9.17, 15) is 9.90 Å². The summed E-state index contributed by atoms with van der Waals surface area (Å²) < 4.78 is 0. The average Bonchev–Trinajstić information content (AvgIpc) is 2.17. The summed E-state index contributed by atoms with van der Waals surface area (Å²) >= 11 is 3.14. The largest absolute Gasteiger partial charge is 0.387 e. The maximum Gasteiger partial charge on any atom is 0.146 e. The van der Waals surface area contributed by atoms with E-state index in [1.54, 1.807) is 12.1 Å². The Morgan fingerprint density at radius 3 is 2.38 bits per heavy atom. The van der Waals surface area contributed by atoms with Crippen molar-refractivity contribution in [2.45, 2.75) is 17.9 Å². The van der Waals surface area contributed by atoms with Crippen LogP contribution < -0.4 is 0 Å². The van der Waals surface area contributed by atoms with Crippen LogP contribution in [0.3, 0.4) is 0 Å². The lowest BCUT2D eigenvalue weighted by molar-refractivity contribution is -0.118. The summed E-state index contributed by atoms with van der Waals surface area (Å²) in [6, 6.07) is 9.12. The lowest BCUT2D eigenvalue weighted by Gasteiger charge is -2.14. The average molecular weight is 243 g/mol. The van der Waals surface area contributed by atoms with Crippen molar-refractivity contribution in [2.24, 2.45) is 0 Å². The molecule has 0 aliphatic heterocycles. The monoisotopic (exact) mass is 242 g/mol. The molecule has 0 saturated heterocycles. The highest BCUT2D eigenvalue weighted by Gasteiger charge is 2.21. The number of rotatable bonds is 3.